The van der Waals surface area contributed by atoms with Crippen LogP contribution in [0.4, 0.5) is 5.69 Å². The SMILES string of the molecule is COc1cc2c(cc1/C=N\NC(=O)c1ccc(O)cc1)C(C)=CC(C)(C)N2C. The zero-order chi connectivity index (χ0) is 20.5. The van der Waals surface area contributed by atoms with Crippen LogP contribution >= 0.6 is 0 Å². The predicted molar refractivity (Wildman–Crippen MR) is 112 cm³/mol. The van der Waals surface area contributed by atoms with E-state index in [0.29, 0.717) is 11.3 Å². The summed E-state index contributed by atoms with van der Waals surface area (Å²) in [6, 6.07) is 9.99. The van der Waals surface area contributed by atoms with Gasteiger partial charge in [-0.2, -0.15) is 5.10 Å². The van der Waals surface area contributed by atoms with Crippen molar-refractivity contribution in [3.05, 3.63) is 59.2 Å². The van der Waals surface area contributed by atoms with Crippen molar-refractivity contribution in [2.75, 3.05) is 19.1 Å². The van der Waals surface area contributed by atoms with Gasteiger partial charge in [-0.05, 0) is 56.7 Å². The fourth-order valence-electron chi connectivity index (χ4n) is 3.31. The van der Waals surface area contributed by atoms with Crippen LogP contribution in [0.3, 0.4) is 0 Å². The summed E-state index contributed by atoms with van der Waals surface area (Å²) in [5.41, 5.74) is 6.97. The standard InChI is InChI=1S/C22H25N3O3/c1-14-12-22(2,3)25(4)19-11-20(28-5)16(10-18(14)19)13-23-24-21(27)15-6-8-17(26)9-7-15/h6-13,26H,1-5H3,(H,24,27)/b23-13-. The Morgan fingerprint density at radius 3 is 2.57 bits per heavy atom. The lowest BCUT2D eigenvalue weighted by atomic mass is 9.88. The molecule has 0 saturated heterocycles. The molecule has 6 heteroatoms. The first kappa shape index (κ1) is 19.5. The molecule has 3 rings (SSSR count). The van der Waals surface area contributed by atoms with E-state index in [4.69, 9.17) is 4.74 Å². The molecule has 1 amide bonds. The monoisotopic (exact) mass is 379 g/mol. The Morgan fingerprint density at radius 1 is 1.25 bits per heavy atom. The first-order valence-electron chi connectivity index (χ1n) is 9.01. The Kier molecular flexibility index (Phi) is 5.14. The second kappa shape index (κ2) is 7.38. The highest BCUT2D eigenvalue weighted by atomic mass is 16.5. The molecule has 2 aromatic carbocycles. The van der Waals surface area contributed by atoms with Gasteiger partial charge in [0.25, 0.3) is 5.91 Å². The van der Waals surface area contributed by atoms with E-state index < -0.39 is 0 Å². The third-order valence-corrected chi connectivity index (χ3v) is 5.07. The Hall–Kier alpha value is -3.28. The highest BCUT2D eigenvalue weighted by Crippen LogP contribution is 2.40. The number of nitrogens with zero attached hydrogens (tertiary/aromatic N) is 2. The molecule has 0 atom stereocenters. The lowest BCUT2D eigenvalue weighted by Crippen LogP contribution is -2.42. The topological polar surface area (TPSA) is 74.2 Å². The number of phenols is 1. The number of rotatable bonds is 4. The number of amides is 1. The number of hydrogen-bond donors (Lipinski definition) is 2. The average molecular weight is 379 g/mol. The molecule has 0 unspecified atom stereocenters. The smallest absolute Gasteiger partial charge is 0.271 e. The van der Waals surface area contributed by atoms with E-state index in [-0.39, 0.29) is 17.2 Å². The van der Waals surface area contributed by atoms with Crippen LogP contribution in [0.25, 0.3) is 5.57 Å². The lowest BCUT2D eigenvalue weighted by Gasteiger charge is -2.40. The molecule has 0 aliphatic carbocycles. The Balaban J connectivity index is 1.86. The number of benzene rings is 2. The molecular weight excluding hydrogens is 354 g/mol. The number of allylic oxidation sites excluding steroid dienone is 1. The number of hydrogen-bond acceptors (Lipinski definition) is 5. The fraction of sp³-hybridized carbons (Fsp3) is 0.273. The summed E-state index contributed by atoms with van der Waals surface area (Å²) in [5.74, 6) is 0.430. The maximum atomic E-state index is 12.1. The molecule has 1 aliphatic rings. The Labute approximate surface area is 165 Å². The highest BCUT2D eigenvalue weighted by Gasteiger charge is 2.29. The third-order valence-electron chi connectivity index (χ3n) is 5.07. The number of likely N-dealkylation sites (N-methyl/N-ethyl adjacent to an activating group) is 1. The van der Waals surface area contributed by atoms with Crippen molar-refractivity contribution < 1.29 is 14.6 Å². The van der Waals surface area contributed by atoms with E-state index in [2.05, 4.69) is 49.3 Å². The van der Waals surface area contributed by atoms with Crippen LogP contribution in [0.5, 0.6) is 11.5 Å². The summed E-state index contributed by atoms with van der Waals surface area (Å²) in [4.78, 5) is 14.4. The molecule has 0 aromatic heterocycles. The van der Waals surface area contributed by atoms with Crippen molar-refractivity contribution in [2.45, 2.75) is 26.3 Å². The van der Waals surface area contributed by atoms with Gasteiger partial charge in [0, 0.05) is 35.5 Å². The van der Waals surface area contributed by atoms with Crippen LogP contribution in [0.1, 0.15) is 42.3 Å². The van der Waals surface area contributed by atoms with Crippen LogP contribution in [-0.2, 0) is 0 Å². The zero-order valence-corrected chi connectivity index (χ0v) is 16.8. The number of methoxy groups -OCH3 is 1. The molecule has 28 heavy (non-hydrogen) atoms. The molecule has 0 radical (unpaired) electrons. The number of fused-ring (bicyclic) bond motifs is 1. The predicted octanol–water partition coefficient (Wildman–Crippen LogP) is 3.80. The molecule has 0 fully saturated rings. The first-order chi connectivity index (χ1) is 13.2. The molecule has 0 bridgehead atoms. The van der Waals surface area contributed by atoms with E-state index in [1.807, 2.05) is 12.1 Å². The minimum absolute atomic E-state index is 0.0875. The van der Waals surface area contributed by atoms with Crippen LogP contribution in [-0.4, -0.2) is 36.9 Å². The summed E-state index contributed by atoms with van der Waals surface area (Å²) >= 11 is 0. The summed E-state index contributed by atoms with van der Waals surface area (Å²) in [5, 5.41) is 13.4. The minimum Gasteiger partial charge on any atom is -0.508 e. The second-order valence-electron chi connectivity index (χ2n) is 7.40. The molecule has 1 heterocycles. The number of aromatic hydroxyl groups is 1. The van der Waals surface area contributed by atoms with E-state index in [9.17, 15) is 9.90 Å². The summed E-state index contributed by atoms with van der Waals surface area (Å²) < 4.78 is 5.54. The van der Waals surface area contributed by atoms with Crippen LogP contribution in [0, 0.1) is 0 Å². The molecule has 0 saturated carbocycles. The van der Waals surface area contributed by atoms with Gasteiger partial charge in [0.05, 0.1) is 18.9 Å². The normalized spacial score (nSPS) is 15.2. The van der Waals surface area contributed by atoms with Gasteiger partial charge in [0.1, 0.15) is 11.5 Å². The number of hydrazone groups is 1. The third kappa shape index (κ3) is 3.71. The molecular formula is C22H25N3O3. The quantitative estimate of drug-likeness (QED) is 0.626. The zero-order valence-electron chi connectivity index (χ0n) is 16.8. The maximum absolute atomic E-state index is 12.1. The number of carbonyl (C=O) groups excluding carboxylic acids is 1. The van der Waals surface area contributed by atoms with Gasteiger partial charge >= 0.3 is 0 Å². The largest absolute Gasteiger partial charge is 0.508 e. The Morgan fingerprint density at radius 2 is 1.93 bits per heavy atom. The Bertz CT molecular complexity index is 960. The lowest BCUT2D eigenvalue weighted by molar-refractivity contribution is 0.0955. The van der Waals surface area contributed by atoms with Crippen LogP contribution < -0.4 is 15.1 Å². The molecule has 1 aliphatic heterocycles. The van der Waals surface area contributed by atoms with Gasteiger partial charge in [0.2, 0.25) is 0 Å². The van der Waals surface area contributed by atoms with Crippen molar-refractivity contribution in [1.82, 2.24) is 5.43 Å². The van der Waals surface area contributed by atoms with Crippen molar-refractivity contribution in [3.63, 3.8) is 0 Å². The van der Waals surface area contributed by atoms with Gasteiger partial charge in [-0.1, -0.05) is 6.08 Å². The molecule has 2 N–H and O–H groups in total. The van der Waals surface area contributed by atoms with E-state index in [0.717, 1.165) is 16.8 Å². The molecule has 2 aromatic rings. The van der Waals surface area contributed by atoms with E-state index in [1.54, 1.807) is 13.3 Å². The van der Waals surface area contributed by atoms with E-state index >= 15 is 0 Å². The van der Waals surface area contributed by atoms with Gasteiger partial charge in [0.15, 0.2) is 0 Å². The summed E-state index contributed by atoms with van der Waals surface area (Å²) in [6.45, 7) is 6.42. The first-order valence-corrected chi connectivity index (χ1v) is 9.01. The van der Waals surface area contributed by atoms with Crippen molar-refractivity contribution in [3.8, 4) is 11.5 Å². The number of nitrogens with one attached hydrogen (secondary N) is 1. The number of phenolic OH excluding ortho intramolecular Hbond substituents is 1. The maximum Gasteiger partial charge on any atom is 0.271 e. The summed E-state index contributed by atoms with van der Waals surface area (Å²) in [6.07, 6.45) is 3.81. The van der Waals surface area contributed by atoms with Crippen molar-refractivity contribution in [2.24, 2.45) is 5.10 Å². The van der Waals surface area contributed by atoms with Gasteiger partial charge < -0.3 is 14.7 Å². The van der Waals surface area contributed by atoms with Gasteiger partial charge in [-0.25, -0.2) is 5.43 Å². The number of carbonyl (C=O) groups is 1. The summed E-state index contributed by atoms with van der Waals surface area (Å²) in [7, 11) is 3.68. The number of anilines is 1. The van der Waals surface area contributed by atoms with Crippen molar-refractivity contribution >= 4 is 23.4 Å². The number of ether oxygens (including phenoxy) is 1. The minimum atomic E-state index is -0.356. The molecule has 6 nitrogen and oxygen atoms in total. The molecule has 0 spiro atoms. The van der Waals surface area contributed by atoms with Gasteiger partial charge in [-0.15, -0.1) is 0 Å². The van der Waals surface area contributed by atoms with Gasteiger partial charge in [-0.3, -0.25) is 4.79 Å². The fourth-order valence-corrected chi connectivity index (χ4v) is 3.31. The van der Waals surface area contributed by atoms with Crippen molar-refractivity contribution in [1.29, 1.82) is 0 Å². The highest BCUT2D eigenvalue weighted by molar-refractivity contribution is 5.96. The van der Waals surface area contributed by atoms with Crippen LogP contribution in [0.15, 0.2) is 47.6 Å². The van der Waals surface area contributed by atoms with E-state index in [1.165, 1.54) is 29.8 Å². The second-order valence-corrected chi connectivity index (χ2v) is 7.40. The average Bonchev–Trinajstić information content (AvgIpc) is 2.66. The molecule has 146 valence electrons. The van der Waals surface area contributed by atoms with Crippen LogP contribution in [0.2, 0.25) is 0 Å².